The summed E-state index contributed by atoms with van der Waals surface area (Å²) in [7, 11) is -1.35. The highest BCUT2D eigenvalue weighted by Crippen LogP contribution is 2.27. The molecule has 3 rings (SSSR count). The highest BCUT2D eigenvalue weighted by molar-refractivity contribution is 7.91. The van der Waals surface area contributed by atoms with E-state index in [4.69, 9.17) is 0 Å². The summed E-state index contributed by atoms with van der Waals surface area (Å²) < 4.78 is 38.6. The van der Waals surface area contributed by atoms with Crippen molar-refractivity contribution >= 4 is 15.7 Å². The third-order valence-corrected chi connectivity index (χ3v) is 6.59. The lowest BCUT2D eigenvalue weighted by Crippen LogP contribution is -2.26. The smallest absolute Gasteiger partial charge is 0.254 e. The Labute approximate surface area is 152 Å². The Balaban J connectivity index is 1.81. The number of rotatable bonds is 4. The van der Waals surface area contributed by atoms with E-state index in [1.807, 2.05) is 13.8 Å². The molecule has 0 bridgehead atoms. The monoisotopic (exact) mass is 379 g/mol. The van der Waals surface area contributed by atoms with Crippen LogP contribution in [0.4, 0.5) is 4.39 Å². The van der Waals surface area contributed by atoms with Crippen LogP contribution in [0.2, 0.25) is 0 Å². The van der Waals surface area contributed by atoms with E-state index in [0.29, 0.717) is 13.0 Å². The van der Waals surface area contributed by atoms with Crippen molar-refractivity contribution in [2.45, 2.75) is 32.9 Å². The predicted molar refractivity (Wildman–Crippen MR) is 96.2 cm³/mol. The zero-order valence-electron chi connectivity index (χ0n) is 15.1. The molecule has 1 fully saturated rings. The first kappa shape index (κ1) is 18.6. The molecule has 0 radical (unpaired) electrons. The second-order valence-corrected chi connectivity index (χ2v) is 9.05. The number of halogens is 1. The Morgan fingerprint density at radius 1 is 1.38 bits per heavy atom. The zero-order chi connectivity index (χ0) is 19.1. The standard InChI is InChI=1S/C18H22FN3O3S/c1-12-17(10-21(3)18(23)14-5-4-6-15(19)9-14)13(2)22(20-12)16-7-8-26(24,25)11-16/h4-6,9,16H,7-8,10-11H2,1-3H3/t16-/m1/s1. The molecule has 1 atom stereocenters. The molecule has 1 aliphatic heterocycles. The van der Waals surface area contributed by atoms with Crippen LogP contribution in [-0.2, 0) is 16.4 Å². The minimum absolute atomic E-state index is 0.104. The highest BCUT2D eigenvalue weighted by atomic mass is 32.2. The molecule has 2 aromatic rings. The lowest BCUT2D eigenvalue weighted by atomic mass is 10.1. The lowest BCUT2D eigenvalue weighted by molar-refractivity contribution is 0.0784. The van der Waals surface area contributed by atoms with Crippen LogP contribution in [0, 0.1) is 19.7 Å². The second kappa shape index (κ2) is 6.83. The topological polar surface area (TPSA) is 72.3 Å². The van der Waals surface area contributed by atoms with E-state index in [2.05, 4.69) is 5.10 Å². The van der Waals surface area contributed by atoms with Crippen LogP contribution in [0.15, 0.2) is 24.3 Å². The molecular formula is C18H22FN3O3S. The minimum atomic E-state index is -3.00. The van der Waals surface area contributed by atoms with Gasteiger partial charge in [-0.3, -0.25) is 9.48 Å². The van der Waals surface area contributed by atoms with Crippen LogP contribution >= 0.6 is 0 Å². The van der Waals surface area contributed by atoms with Gasteiger partial charge in [-0.05, 0) is 38.5 Å². The van der Waals surface area contributed by atoms with Crippen LogP contribution in [0.1, 0.15) is 39.8 Å². The summed E-state index contributed by atoms with van der Waals surface area (Å²) in [5.74, 6) is -0.443. The fourth-order valence-corrected chi connectivity index (χ4v) is 5.09. The van der Waals surface area contributed by atoms with Gasteiger partial charge in [0.05, 0.1) is 23.2 Å². The van der Waals surface area contributed by atoms with Crippen LogP contribution in [-0.4, -0.2) is 47.6 Å². The van der Waals surface area contributed by atoms with Gasteiger partial charge in [0, 0.05) is 30.4 Å². The SMILES string of the molecule is Cc1nn([C@@H]2CCS(=O)(=O)C2)c(C)c1CN(C)C(=O)c1cccc(F)c1. The van der Waals surface area contributed by atoms with Gasteiger partial charge >= 0.3 is 0 Å². The number of hydrogen-bond donors (Lipinski definition) is 0. The maximum atomic E-state index is 13.4. The number of nitrogens with zero attached hydrogens (tertiary/aromatic N) is 3. The van der Waals surface area contributed by atoms with E-state index in [1.165, 1.54) is 23.1 Å². The third-order valence-electron chi connectivity index (χ3n) is 4.84. The number of sulfone groups is 1. The number of hydrogen-bond acceptors (Lipinski definition) is 4. The molecule has 1 aromatic carbocycles. The van der Waals surface area contributed by atoms with Crippen molar-refractivity contribution in [3.05, 3.63) is 52.6 Å². The first-order valence-corrected chi connectivity index (χ1v) is 10.3. The van der Waals surface area contributed by atoms with Gasteiger partial charge in [0.25, 0.3) is 5.91 Å². The number of carbonyl (C=O) groups excluding carboxylic acids is 1. The Morgan fingerprint density at radius 2 is 2.12 bits per heavy atom. The number of amides is 1. The van der Waals surface area contributed by atoms with Crippen LogP contribution in [0.5, 0.6) is 0 Å². The van der Waals surface area contributed by atoms with Gasteiger partial charge in [-0.2, -0.15) is 5.10 Å². The second-order valence-electron chi connectivity index (χ2n) is 6.82. The third kappa shape index (κ3) is 3.65. The molecule has 140 valence electrons. The molecule has 26 heavy (non-hydrogen) atoms. The average molecular weight is 379 g/mol. The van der Waals surface area contributed by atoms with Gasteiger partial charge in [-0.15, -0.1) is 0 Å². The van der Waals surface area contributed by atoms with E-state index < -0.39 is 15.7 Å². The maximum Gasteiger partial charge on any atom is 0.254 e. The molecule has 6 nitrogen and oxygen atoms in total. The summed E-state index contributed by atoms with van der Waals surface area (Å²) in [5.41, 5.74) is 2.81. The highest BCUT2D eigenvalue weighted by Gasteiger charge is 2.31. The number of carbonyl (C=O) groups is 1. The molecule has 8 heteroatoms. The summed E-state index contributed by atoms with van der Waals surface area (Å²) in [4.78, 5) is 14.0. The van der Waals surface area contributed by atoms with Gasteiger partial charge in [0.2, 0.25) is 0 Å². The molecule has 2 heterocycles. The summed E-state index contributed by atoms with van der Waals surface area (Å²) in [6.07, 6.45) is 0.557. The van der Waals surface area contributed by atoms with Gasteiger partial charge < -0.3 is 4.90 Å². The summed E-state index contributed by atoms with van der Waals surface area (Å²) in [5, 5.41) is 4.51. The van der Waals surface area contributed by atoms with Crippen molar-refractivity contribution < 1.29 is 17.6 Å². The Morgan fingerprint density at radius 3 is 2.73 bits per heavy atom. The molecule has 0 unspecified atom stereocenters. The molecule has 0 saturated carbocycles. The van der Waals surface area contributed by atoms with Crippen molar-refractivity contribution in [1.82, 2.24) is 14.7 Å². The fourth-order valence-electron chi connectivity index (χ4n) is 3.40. The van der Waals surface area contributed by atoms with Crippen molar-refractivity contribution in [3.63, 3.8) is 0 Å². The van der Waals surface area contributed by atoms with Gasteiger partial charge in [0.15, 0.2) is 9.84 Å². The number of aryl methyl sites for hydroxylation is 1. The molecule has 0 N–H and O–H groups in total. The molecule has 1 aromatic heterocycles. The molecule has 1 saturated heterocycles. The summed E-state index contributed by atoms with van der Waals surface area (Å²) >= 11 is 0. The molecular weight excluding hydrogens is 357 g/mol. The molecule has 1 aliphatic rings. The van der Waals surface area contributed by atoms with Crippen LogP contribution < -0.4 is 0 Å². The van der Waals surface area contributed by atoms with Crippen molar-refractivity contribution in [2.24, 2.45) is 0 Å². The predicted octanol–water partition coefficient (Wildman–Crippen LogP) is 2.27. The summed E-state index contributed by atoms with van der Waals surface area (Å²) in [6, 6.07) is 5.44. The quantitative estimate of drug-likeness (QED) is 0.817. The fraction of sp³-hybridized carbons (Fsp3) is 0.444. The van der Waals surface area contributed by atoms with Crippen molar-refractivity contribution in [3.8, 4) is 0 Å². The Hall–Kier alpha value is -2.22. The Kier molecular flexibility index (Phi) is 4.88. The molecule has 1 amide bonds. The van der Waals surface area contributed by atoms with Gasteiger partial charge in [0.1, 0.15) is 5.82 Å². The van der Waals surface area contributed by atoms with E-state index in [0.717, 1.165) is 17.0 Å². The van der Waals surface area contributed by atoms with Gasteiger partial charge in [-0.1, -0.05) is 6.07 Å². The summed E-state index contributed by atoms with van der Waals surface area (Å²) in [6.45, 7) is 4.07. The van der Waals surface area contributed by atoms with E-state index >= 15 is 0 Å². The normalized spacial score (nSPS) is 18.8. The van der Waals surface area contributed by atoms with Crippen molar-refractivity contribution in [1.29, 1.82) is 0 Å². The first-order valence-electron chi connectivity index (χ1n) is 8.44. The lowest BCUT2D eigenvalue weighted by Gasteiger charge is -2.18. The average Bonchev–Trinajstić information content (AvgIpc) is 3.07. The largest absolute Gasteiger partial charge is 0.337 e. The number of aromatic nitrogens is 2. The molecule has 0 aliphatic carbocycles. The van der Waals surface area contributed by atoms with E-state index in [1.54, 1.807) is 17.8 Å². The van der Waals surface area contributed by atoms with Crippen molar-refractivity contribution in [2.75, 3.05) is 18.6 Å². The maximum absolute atomic E-state index is 13.4. The van der Waals surface area contributed by atoms with Crippen LogP contribution in [0.3, 0.4) is 0 Å². The van der Waals surface area contributed by atoms with E-state index in [-0.39, 0.29) is 29.0 Å². The van der Waals surface area contributed by atoms with Gasteiger partial charge in [-0.25, -0.2) is 12.8 Å². The minimum Gasteiger partial charge on any atom is -0.337 e. The molecule has 0 spiro atoms. The zero-order valence-corrected chi connectivity index (χ0v) is 15.9. The van der Waals surface area contributed by atoms with E-state index in [9.17, 15) is 17.6 Å². The Bertz CT molecular complexity index is 953. The number of benzene rings is 1. The van der Waals surface area contributed by atoms with Crippen LogP contribution in [0.25, 0.3) is 0 Å². The first-order chi connectivity index (χ1) is 12.2.